The fourth-order valence-electron chi connectivity index (χ4n) is 1.90. The molecule has 0 unspecified atom stereocenters. The molecule has 0 radical (unpaired) electrons. The van der Waals surface area contributed by atoms with Crippen LogP contribution in [0.2, 0.25) is 0 Å². The molecule has 0 aromatic carbocycles. The van der Waals surface area contributed by atoms with Gasteiger partial charge in [-0.3, -0.25) is 0 Å². The zero-order valence-electron chi connectivity index (χ0n) is 9.34. The van der Waals surface area contributed by atoms with Gasteiger partial charge in [-0.05, 0) is 63.3 Å². The third kappa shape index (κ3) is 2.69. The summed E-state index contributed by atoms with van der Waals surface area (Å²) in [4.78, 5) is 6.91. The molecule has 1 fully saturated rings. The summed E-state index contributed by atoms with van der Waals surface area (Å²) in [5, 5.41) is 4.35. The summed E-state index contributed by atoms with van der Waals surface area (Å²) in [6.07, 6.45) is 4.46. The van der Waals surface area contributed by atoms with E-state index in [1.165, 1.54) is 18.4 Å². The van der Waals surface area contributed by atoms with Crippen molar-refractivity contribution in [2.75, 3.05) is 4.90 Å². The topological polar surface area (TPSA) is 16.1 Å². The third-order valence-corrected chi connectivity index (χ3v) is 4.13. The molecular weight excluding hydrogens is 296 g/mol. The van der Waals surface area contributed by atoms with Gasteiger partial charge in [-0.25, -0.2) is 4.98 Å². The lowest BCUT2D eigenvalue weighted by Crippen LogP contribution is -2.25. The molecule has 2 aromatic rings. The highest BCUT2D eigenvalue weighted by Gasteiger charge is 2.29. The molecule has 0 spiro atoms. The third-order valence-electron chi connectivity index (χ3n) is 2.93. The molecule has 1 saturated carbocycles. The van der Waals surface area contributed by atoms with E-state index in [0.717, 1.165) is 16.8 Å². The molecule has 0 aliphatic heterocycles. The van der Waals surface area contributed by atoms with Gasteiger partial charge in [0.05, 0.1) is 0 Å². The van der Waals surface area contributed by atoms with Crippen LogP contribution in [0.3, 0.4) is 0 Å². The van der Waals surface area contributed by atoms with E-state index in [2.05, 4.69) is 54.8 Å². The highest BCUT2D eigenvalue weighted by atomic mass is 79.9. The summed E-state index contributed by atoms with van der Waals surface area (Å²) >= 11 is 5.19. The maximum absolute atomic E-state index is 4.50. The van der Waals surface area contributed by atoms with Gasteiger partial charge in [0.25, 0.3) is 0 Å². The Morgan fingerprint density at radius 1 is 1.35 bits per heavy atom. The van der Waals surface area contributed by atoms with Crippen molar-refractivity contribution in [1.82, 2.24) is 4.98 Å². The highest BCUT2D eigenvalue weighted by molar-refractivity contribution is 9.10. The first kappa shape index (κ1) is 11.2. The van der Waals surface area contributed by atoms with E-state index in [0.29, 0.717) is 6.04 Å². The van der Waals surface area contributed by atoms with E-state index < -0.39 is 0 Å². The lowest BCUT2D eigenvalue weighted by Gasteiger charge is -2.23. The molecule has 17 heavy (non-hydrogen) atoms. The van der Waals surface area contributed by atoms with Crippen LogP contribution in [-0.4, -0.2) is 11.0 Å². The van der Waals surface area contributed by atoms with Gasteiger partial charge in [0.2, 0.25) is 0 Å². The van der Waals surface area contributed by atoms with Gasteiger partial charge >= 0.3 is 0 Å². The van der Waals surface area contributed by atoms with Gasteiger partial charge in [-0.15, -0.1) is 0 Å². The first-order valence-electron chi connectivity index (χ1n) is 5.72. The Hall–Kier alpha value is -0.870. The Labute approximate surface area is 113 Å². The molecule has 2 aromatic heterocycles. The molecule has 0 amide bonds. The van der Waals surface area contributed by atoms with Crippen molar-refractivity contribution in [2.24, 2.45) is 0 Å². The van der Waals surface area contributed by atoms with Gasteiger partial charge in [0.1, 0.15) is 5.82 Å². The molecule has 0 atom stereocenters. The predicted octanol–water partition coefficient (Wildman–Crippen LogP) is 4.07. The molecule has 1 aliphatic carbocycles. The average molecular weight is 309 g/mol. The minimum absolute atomic E-state index is 0.684. The van der Waals surface area contributed by atoms with Crippen LogP contribution >= 0.6 is 27.3 Å². The van der Waals surface area contributed by atoms with Crippen LogP contribution in [0.5, 0.6) is 0 Å². The minimum Gasteiger partial charge on any atom is -0.349 e. The van der Waals surface area contributed by atoms with E-state index in [9.17, 15) is 0 Å². The van der Waals surface area contributed by atoms with E-state index >= 15 is 0 Å². The molecule has 3 rings (SSSR count). The second kappa shape index (κ2) is 4.78. The van der Waals surface area contributed by atoms with E-state index in [1.807, 2.05) is 6.20 Å². The number of hydrogen-bond acceptors (Lipinski definition) is 3. The van der Waals surface area contributed by atoms with E-state index in [-0.39, 0.29) is 0 Å². The molecule has 2 nitrogen and oxygen atoms in total. The zero-order valence-corrected chi connectivity index (χ0v) is 11.7. The second-order valence-electron chi connectivity index (χ2n) is 4.33. The standard InChI is InChI=1S/C13H13BrN2S/c14-11-1-4-13(15-7-11)16(12-2-3-12)8-10-5-6-17-9-10/h1,4-7,9,12H,2-3,8H2. The summed E-state index contributed by atoms with van der Waals surface area (Å²) < 4.78 is 1.03. The first-order chi connectivity index (χ1) is 8.33. The number of halogens is 1. The summed E-state index contributed by atoms with van der Waals surface area (Å²) in [5.41, 5.74) is 1.38. The van der Waals surface area contributed by atoms with Gasteiger partial charge < -0.3 is 4.90 Å². The molecular formula is C13H13BrN2S. The Balaban J connectivity index is 1.82. The number of pyridine rings is 1. The van der Waals surface area contributed by atoms with Gasteiger partial charge in [0, 0.05) is 23.3 Å². The van der Waals surface area contributed by atoms with Crippen LogP contribution in [0.25, 0.3) is 0 Å². The summed E-state index contributed by atoms with van der Waals surface area (Å²) in [6.45, 7) is 0.975. The minimum atomic E-state index is 0.684. The summed E-state index contributed by atoms with van der Waals surface area (Å²) in [7, 11) is 0. The zero-order chi connectivity index (χ0) is 11.7. The molecule has 2 heterocycles. The van der Waals surface area contributed by atoms with Gasteiger partial charge in [-0.1, -0.05) is 0 Å². The monoisotopic (exact) mass is 308 g/mol. The Morgan fingerprint density at radius 3 is 2.82 bits per heavy atom. The van der Waals surface area contributed by atoms with Crippen LogP contribution in [-0.2, 0) is 6.54 Å². The number of aromatic nitrogens is 1. The van der Waals surface area contributed by atoms with Crippen LogP contribution in [0, 0.1) is 0 Å². The number of nitrogens with zero attached hydrogens (tertiary/aromatic N) is 2. The SMILES string of the molecule is Brc1ccc(N(Cc2ccsc2)C2CC2)nc1. The van der Waals surface area contributed by atoms with Crippen LogP contribution in [0.15, 0.2) is 39.6 Å². The van der Waals surface area contributed by atoms with Crippen molar-refractivity contribution in [3.8, 4) is 0 Å². The summed E-state index contributed by atoms with van der Waals surface area (Å²) in [6, 6.07) is 7.03. The highest BCUT2D eigenvalue weighted by Crippen LogP contribution is 2.32. The van der Waals surface area contributed by atoms with Gasteiger partial charge in [-0.2, -0.15) is 11.3 Å². The fraction of sp³-hybridized carbons (Fsp3) is 0.308. The van der Waals surface area contributed by atoms with Crippen molar-refractivity contribution < 1.29 is 0 Å². The first-order valence-corrected chi connectivity index (χ1v) is 7.46. The van der Waals surface area contributed by atoms with Crippen molar-refractivity contribution in [3.63, 3.8) is 0 Å². The maximum atomic E-state index is 4.50. The average Bonchev–Trinajstić information content (AvgIpc) is 3.05. The lowest BCUT2D eigenvalue weighted by molar-refractivity contribution is 0.780. The van der Waals surface area contributed by atoms with E-state index in [4.69, 9.17) is 0 Å². The van der Waals surface area contributed by atoms with Crippen LogP contribution in [0.4, 0.5) is 5.82 Å². The van der Waals surface area contributed by atoms with Crippen molar-refractivity contribution in [3.05, 3.63) is 45.2 Å². The predicted molar refractivity (Wildman–Crippen MR) is 75.5 cm³/mol. The smallest absolute Gasteiger partial charge is 0.129 e. The normalized spacial score (nSPS) is 14.9. The Kier molecular flexibility index (Phi) is 3.16. The van der Waals surface area contributed by atoms with Crippen LogP contribution in [0.1, 0.15) is 18.4 Å². The maximum Gasteiger partial charge on any atom is 0.129 e. The molecule has 4 heteroatoms. The van der Waals surface area contributed by atoms with Gasteiger partial charge in [0.15, 0.2) is 0 Å². The fourth-order valence-corrected chi connectivity index (χ4v) is 2.79. The number of hydrogen-bond donors (Lipinski definition) is 0. The largest absolute Gasteiger partial charge is 0.349 e. The number of anilines is 1. The Bertz CT molecular complexity index is 477. The second-order valence-corrected chi connectivity index (χ2v) is 6.02. The van der Waals surface area contributed by atoms with E-state index in [1.54, 1.807) is 11.3 Å². The molecule has 1 aliphatic rings. The molecule has 0 saturated heterocycles. The van der Waals surface area contributed by atoms with Crippen molar-refractivity contribution in [1.29, 1.82) is 0 Å². The number of rotatable bonds is 4. The van der Waals surface area contributed by atoms with Crippen LogP contribution < -0.4 is 4.90 Å². The molecule has 88 valence electrons. The quantitative estimate of drug-likeness (QED) is 0.846. The summed E-state index contributed by atoms with van der Waals surface area (Å²) in [5.74, 6) is 1.09. The number of thiophene rings is 1. The lowest BCUT2D eigenvalue weighted by atomic mass is 10.3. The molecule has 0 bridgehead atoms. The Morgan fingerprint density at radius 2 is 2.24 bits per heavy atom. The van der Waals surface area contributed by atoms with Crippen molar-refractivity contribution >= 4 is 33.1 Å². The molecule has 0 N–H and O–H groups in total. The van der Waals surface area contributed by atoms with Crippen molar-refractivity contribution in [2.45, 2.75) is 25.4 Å².